The van der Waals surface area contributed by atoms with Gasteiger partial charge in [-0.05, 0) is 52.7 Å². The Morgan fingerprint density at radius 2 is 1.86 bits per heavy atom. The van der Waals surface area contributed by atoms with Gasteiger partial charge in [0.2, 0.25) is 0 Å². The van der Waals surface area contributed by atoms with Crippen molar-refractivity contribution >= 4 is 11.8 Å². The molecular weight excluding hydrogens is 370 g/mol. The van der Waals surface area contributed by atoms with Crippen LogP contribution in [0.3, 0.4) is 0 Å². The van der Waals surface area contributed by atoms with Gasteiger partial charge in [-0.1, -0.05) is 0 Å². The predicted molar refractivity (Wildman–Crippen MR) is 97.1 cm³/mol. The number of carbonyl (C=O) groups excluding carboxylic acids is 1. The van der Waals surface area contributed by atoms with Gasteiger partial charge in [-0.2, -0.15) is 0 Å². The average molecular weight is 395 g/mol. The third-order valence-electron chi connectivity index (χ3n) is 4.75. The highest BCUT2D eigenvalue weighted by atomic mass is 16.8. The maximum atomic E-state index is 12.3. The predicted octanol–water partition coefficient (Wildman–Crippen LogP) is 3.59. The van der Waals surface area contributed by atoms with Crippen molar-refractivity contribution in [1.29, 1.82) is 0 Å². The standard InChI is InChI=1S/C19H25NO8/c1-18(2)10-9-14(27-18)16(15-11-24-19(3,4)28-15)26-17(21)25-13-7-5-12(6-8-13)20(22)23/h5-8,14-16H,9-11H2,1-4H3. The van der Waals surface area contributed by atoms with E-state index in [-0.39, 0.29) is 29.7 Å². The Balaban J connectivity index is 1.68. The van der Waals surface area contributed by atoms with E-state index in [0.29, 0.717) is 6.42 Å². The van der Waals surface area contributed by atoms with Crippen molar-refractivity contribution in [2.24, 2.45) is 0 Å². The van der Waals surface area contributed by atoms with E-state index in [1.807, 2.05) is 13.8 Å². The third-order valence-corrected chi connectivity index (χ3v) is 4.75. The van der Waals surface area contributed by atoms with Gasteiger partial charge < -0.3 is 23.7 Å². The lowest BCUT2D eigenvalue weighted by atomic mass is 10.0. The van der Waals surface area contributed by atoms with Gasteiger partial charge in [0.1, 0.15) is 11.9 Å². The molecule has 9 nitrogen and oxygen atoms in total. The number of non-ortho nitro benzene ring substituents is 1. The quantitative estimate of drug-likeness (QED) is 0.322. The van der Waals surface area contributed by atoms with E-state index >= 15 is 0 Å². The Morgan fingerprint density at radius 3 is 2.36 bits per heavy atom. The smallest absolute Gasteiger partial charge is 0.425 e. The zero-order chi connectivity index (χ0) is 20.5. The van der Waals surface area contributed by atoms with Gasteiger partial charge in [-0.3, -0.25) is 10.1 Å². The van der Waals surface area contributed by atoms with Crippen LogP contribution in [-0.2, 0) is 18.9 Å². The van der Waals surface area contributed by atoms with Crippen molar-refractivity contribution in [3.8, 4) is 5.75 Å². The third kappa shape index (κ3) is 4.98. The van der Waals surface area contributed by atoms with E-state index in [4.69, 9.17) is 23.7 Å². The van der Waals surface area contributed by atoms with E-state index in [2.05, 4.69) is 0 Å². The fourth-order valence-corrected chi connectivity index (χ4v) is 3.38. The summed E-state index contributed by atoms with van der Waals surface area (Å²) in [5.74, 6) is -0.631. The Bertz CT molecular complexity index is 704. The van der Waals surface area contributed by atoms with Crippen LogP contribution in [0.2, 0.25) is 0 Å². The highest BCUT2D eigenvalue weighted by Gasteiger charge is 2.47. The van der Waals surface area contributed by atoms with Crippen LogP contribution in [0.4, 0.5) is 10.5 Å². The molecule has 2 aliphatic rings. The minimum atomic E-state index is -0.930. The second kappa shape index (κ2) is 7.65. The van der Waals surface area contributed by atoms with Crippen molar-refractivity contribution in [2.45, 2.75) is 70.2 Å². The normalized spacial score (nSPS) is 26.6. The van der Waals surface area contributed by atoms with Gasteiger partial charge in [0.25, 0.3) is 5.69 Å². The van der Waals surface area contributed by atoms with E-state index in [1.54, 1.807) is 13.8 Å². The molecule has 0 amide bonds. The SMILES string of the molecule is CC1(C)CCC(C(OC(=O)Oc2ccc([N+](=O)[O-])cc2)C2COC(C)(C)O2)O1. The van der Waals surface area contributed by atoms with E-state index < -0.39 is 29.1 Å². The molecule has 3 unspecified atom stereocenters. The molecule has 0 bridgehead atoms. The maximum Gasteiger partial charge on any atom is 0.514 e. The number of nitro groups is 1. The van der Waals surface area contributed by atoms with Gasteiger partial charge in [0, 0.05) is 12.1 Å². The number of nitrogens with zero attached hydrogens (tertiary/aromatic N) is 1. The van der Waals surface area contributed by atoms with Crippen LogP contribution in [0.1, 0.15) is 40.5 Å². The molecule has 0 saturated carbocycles. The lowest BCUT2D eigenvalue weighted by Gasteiger charge is -2.29. The molecule has 2 heterocycles. The molecule has 0 N–H and O–H groups in total. The van der Waals surface area contributed by atoms with Crippen LogP contribution in [0.15, 0.2) is 24.3 Å². The monoisotopic (exact) mass is 395 g/mol. The molecule has 2 saturated heterocycles. The van der Waals surface area contributed by atoms with Gasteiger partial charge in [-0.25, -0.2) is 4.79 Å². The Kier molecular flexibility index (Phi) is 5.60. The van der Waals surface area contributed by atoms with E-state index in [9.17, 15) is 14.9 Å². The Hall–Kier alpha value is -2.23. The molecule has 28 heavy (non-hydrogen) atoms. The molecule has 3 atom stereocenters. The van der Waals surface area contributed by atoms with Gasteiger partial charge in [-0.15, -0.1) is 0 Å². The van der Waals surface area contributed by atoms with Crippen LogP contribution in [0, 0.1) is 10.1 Å². The van der Waals surface area contributed by atoms with Crippen LogP contribution in [-0.4, -0.2) is 47.4 Å². The molecule has 0 aromatic heterocycles. The number of ether oxygens (including phenoxy) is 5. The lowest BCUT2D eigenvalue weighted by molar-refractivity contribution is -0.384. The Morgan fingerprint density at radius 1 is 1.18 bits per heavy atom. The van der Waals surface area contributed by atoms with E-state index in [1.165, 1.54) is 24.3 Å². The minimum absolute atomic E-state index is 0.0982. The maximum absolute atomic E-state index is 12.3. The van der Waals surface area contributed by atoms with Gasteiger partial charge >= 0.3 is 6.16 Å². The fraction of sp³-hybridized carbons (Fsp3) is 0.632. The first-order chi connectivity index (χ1) is 13.0. The molecule has 2 fully saturated rings. The molecular formula is C19H25NO8. The van der Waals surface area contributed by atoms with E-state index in [0.717, 1.165) is 6.42 Å². The molecule has 2 aliphatic heterocycles. The highest BCUT2D eigenvalue weighted by molar-refractivity contribution is 5.64. The number of carbonyl (C=O) groups is 1. The van der Waals surface area contributed by atoms with Gasteiger partial charge in [0.05, 0.1) is 23.2 Å². The average Bonchev–Trinajstić information content (AvgIpc) is 3.14. The summed E-state index contributed by atoms with van der Waals surface area (Å²) in [5.41, 5.74) is -0.414. The zero-order valence-electron chi connectivity index (χ0n) is 16.4. The van der Waals surface area contributed by atoms with Crippen LogP contribution in [0.5, 0.6) is 5.75 Å². The largest absolute Gasteiger partial charge is 0.514 e. The van der Waals surface area contributed by atoms with Crippen molar-refractivity contribution in [3.05, 3.63) is 34.4 Å². The number of hydrogen-bond acceptors (Lipinski definition) is 8. The van der Waals surface area contributed by atoms with Crippen molar-refractivity contribution in [3.63, 3.8) is 0 Å². The summed E-state index contributed by atoms with van der Waals surface area (Å²) in [7, 11) is 0. The summed E-state index contributed by atoms with van der Waals surface area (Å²) < 4.78 is 28.3. The second-order valence-electron chi connectivity index (χ2n) is 8.01. The number of nitro benzene ring substituents is 1. The molecule has 1 aromatic carbocycles. The first-order valence-corrected chi connectivity index (χ1v) is 9.17. The van der Waals surface area contributed by atoms with Crippen molar-refractivity contribution < 1.29 is 33.4 Å². The fourth-order valence-electron chi connectivity index (χ4n) is 3.38. The summed E-state index contributed by atoms with van der Waals surface area (Å²) >= 11 is 0. The zero-order valence-corrected chi connectivity index (χ0v) is 16.4. The molecule has 154 valence electrons. The molecule has 0 aliphatic carbocycles. The molecule has 0 spiro atoms. The summed E-state index contributed by atoms with van der Waals surface area (Å²) in [6, 6.07) is 5.17. The molecule has 9 heteroatoms. The lowest BCUT2D eigenvalue weighted by Crippen LogP contribution is -2.44. The molecule has 0 radical (unpaired) electrons. The first-order valence-electron chi connectivity index (χ1n) is 9.17. The van der Waals surface area contributed by atoms with Crippen LogP contribution < -0.4 is 4.74 Å². The number of benzene rings is 1. The molecule has 1 aromatic rings. The summed E-state index contributed by atoms with van der Waals surface area (Å²) in [6.45, 7) is 7.81. The summed E-state index contributed by atoms with van der Waals surface area (Å²) in [6.07, 6.45) is -0.927. The van der Waals surface area contributed by atoms with Crippen LogP contribution in [0.25, 0.3) is 0 Å². The summed E-state index contributed by atoms with van der Waals surface area (Å²) in [4.78, 5) is 22.5. The topological polar surface area (TPSA) is 106 Å². The van der Waals surface area contributed by atoms with Crippen molar-refractivity contribution in [2.75, 3.05) is 6.61 Å². The van der Waals surface area contributed by atoms with Crippen molar-refractivity contribution in [1.82, 2.24) is 0 Å². The van der Waals surface area contributed by atoms with Gasteiger partial charge in [0.15, 0.2) is 11.9 Å². The highest BCUT2D eigenvalue weighted by Crippen LogP contribution is 2.36. The number of rotatable bonds is 5. The second-order valence-corrected chi connectivity index (χ2v) is 8.01. The minimum Gasteiger partial charge on any atom is -0.425 e. The van der Waals surface area contributed by atoms with Crippen LogP contribution >= 0.6 is 0 Å². The Labute approximate surface area is 163 Å². The first kappa shape index (κ1) is 20.5. The summed E-state index contributed by atoms with van der Waals surface area (Å²) in [5, 5.41) is 10.7. The molecule has 3 rings (SSSR count). The number of hydrogen-bond donors (Lipinski definition) is 0.